The van der Waals surface area contributed by atoms with Crippen LogP contribution in [0.25, 0.3) is 28.0 Å². The molecule has 0 unspecified atom stereocenters. The molecule has 2 N–H and O–H groups in total. The van der Waals surface area contributed by atoms with Gasteiger partial charge < -0.3 is 15.5 Å². The van der Waals surface area contributed by atoms with Crippen LogP contribution in [0.3, 0.4) is 0 Å². The smallest absolute Gasteiger partial charge is 0.348 e. The molecule has 1 saturated heterocycles. The summed E-state index contributed by atoms with van der Waals surface area (Å²) in [6, 6.07) is 5.80. The molecule has 0 aliphatic carbocycles. The van der Waals surface area contributed by atoms with Crippen LogP contribution in [0.4, 0.5) is 14.6 Å². The van der Waals surface area contributed by atoms with Crippen LogP contribution in [0.1, 0.15) is 5.56 Å². The van der Waals surface area contributed by atoms with Gasteiger partial charge >= 0.3 is 5.69 Å². The number of carbonyl (C=O) groups is 1. The predicted molar refractivity (Wildman–Crippen MR) is 158 cm³/mol. The largest absolute Gasteiger partial charge is 0.355 e. The molecule has 43 heavy (non-hydrogen) atoms. The minimum absolute atomic E-state index is 0.0115. The van der Waals surface area contributed by atoms with Gasteiger partial charge in [0.25, 0.3) is 0 Å². The standard InChI is InChI=1S/C28H26ClF2N7O4S/c1-4-21(39)36-10-11-37(16(13-32)14-36)25-17-12-20(31)23(22-18(29)6-5-7-19(22)30)34-26(17)38(28(40)35-25)24-15(2)8-9-33-27(24)43(3,41)42/h4-9,12,16H,1,10-11,13-14,32H2,2-3H3/t16-/m0/s1. The van der Waals surface area contributed by atoms with Crippen molar-refractivity contribution in [3.63, 3.8) is 0 Å². The van der Waals surface area contributed by atoms with E-state index in [1.807, 2.05) is 0 Å². The molecule has 15 heteroatoms. The van der Waals surface area contributed by atoms with E-state index >= 15 is 4.39 Å². The Kier molecular flexibility index (Phi) is 8.03. The Bertz CT molecular complexity index is 1950. The van der Waals surface area contributed by atoms with Crippen molar-refractivity contribution in [3.8, 4) is 16.9 Å². The van der Waals surface area contributed by atoms with Crippen molar-refractivity contribution < 1.29 is 22.0 Å². The summed E-state index contributed by atoms with van der Waals surface area (Å²) in [7, 11) is -3.99. The summed E-state index contributed by atoms with van der Waals surface area (Å²) in [5.41, 5.74) is 4.24. The molecule has 4 aromatic rings. The average Bonchev–Trinajstić information content (AvgIpc) is 2.96. The second-order valence-corrected chi connectivity index (χ2v) is 12.3. The number of piperazine rings is 1. The average molecular weight is 630 g/mol. The fourth-order valence-corrected chi connectivity index (χ4v) is 6.27. The molecule has 0 bridgehead atoms. The van der Waals surface area contributed by atoms with E-state index in [1.165, 1.54) is 30.5 Å². The van der Waals surface area contributed by atoms with Gasteiger partial charge in [-0.3, -0.25) is 4.79 Å². The molecule has 224 valence electrons. The highest BCUT2D eigenvalue weighted by molar-refractivity contribution is 7.90. The molecule has 1 fully saturated rings. The molecular weight excluding hydrogens is 604 g/mol. The van der Waals surface area contributed by atoms with Gasteiger partial charge in [0.1, 0.15) is 17.3 Å². The third kappa shape index (κ3) is 5.37. The van der Waals surface area contributed by atoms with E-state index < -0.39 is 43.9 Å². The number of nitrogens with two attached hydrogens (primary N) is 1. The second kappa shape index (κ2) is 11.4. The summed E-state index contributed by atoms with van der Waals surface area (Å²) in [6.07, 6.45) is 3.39. The van der Waals surface area contributed by atoms with Crippen LogP contribution in [0.2, 0.25) is 5.02 Å². The van der Waals surface area contributed by atoms with Gasteiger partial charge in [-0.15, -0.1) is 0 Å². The summed E-state index contributed by atoms with van der Waals surface area (Å²) in [5, 5.41) is -0.550. The first kappa shape index (κ1) is 30.2. The highest BCUT2D eigenvalue weighted by Crippen LogP contribution is 2.36. The Labute approximate surface area is 250 Å². The van der Waals surface area contributed by atoms with E-state index in [4.69, 9.17) is 17.3 Å². The topological polar surface area (TPSA) is 144 Å². The summed E-state index contributed by atoms with van der Waals surface area (Å²) in [6.45, 7) is 5.71. The number of amides is 1. The lowest BCUT2D eigenvalue weighted by molar-refractivity contribution is -0.126. The van der Waals surface area contributed by atoms with Crippen LogP contribution >= 0.6 is 11.6 Å². The number of benzene rings is 1. The van der Waals surface area contributed by atoms with E-state index in [-0.39, 0.29) is 65.2 Å². The number of hydrogen-bond acceptors (Lipinski definition) is 9. The molecule has 1 aromatic carbocycles. The molecule has 11 nitrogen and oxygen atoms in total. The van der Waals surface area contributed by atoms with E-state index in [1.54, 1.807) is 16.7 Å². The normalized spacial score (nSPS) is 15.6. The third-order valence-electron chi connectivity index (χ3n) is 7.18. The van der Waals surface area contributed by atoms with Crippen molar-refractivity contribution in [3.05, 3.63) is 81.9 Å². The molecule has 1 aliphatic heterocycles. The Morgan fingerprint density at radius 3 is 2.60 bits per heavy atom. The Hall–Kier alpha value is -4.27. The predicted octanol–water partition coefficient (Wildman–Crippen LogP) is 2.65. The highest BCUT2D eigenvalue weighted by atomic mass is 35.5. The van der Waals surface area contributed by atoms with Crippen LogP contribution < -0.4 is 16.3 Å². The molecule has 1 amide bonds. The minimum atomic E-state index is -3.99. The zero-order valence-electron chi connectivity index (χ0n) is 23.1. The molecule has 1 atom stereocenters. The number of anilines is 1. The Balaban J connectivity index is 1.87. The van der Waals surface area contributed by atoms with Gasteiger partial charge in [-0.2, -0.15) is 4.98 Å². The molecule has 5 rings (SSSR count). The van der Waals surface area contributed by atoms with Crippen LogP contribution in [-0.2, 0) is 14.6 Å². The first-order chi connectivity index (χ1) is 20.4. The molecule has 0 spiro atoms. The number of carbonyl (C=O) groups excluding carboxylic acids is 1. The molecule has 0 saturated carbocycles. The van der Waals surface area contributed by atoms with Crippen LogP contribution in [0.5, 0.6) is 0 Å². The fraction of sp³-hybridized carbons (Fsp3) is 0.250. The minimum Gasteiger partial charge on any atom is -0.348 e. The van der Waals surface area contributed by atoms with Crippen molar-refractivity contribution in [2.45, 2.75) is 18.0 Å². The first-order valence-electron chi connectivity index (χ1n) is 13.0. The van der Waals surface area contributed by atoms with E-state index in [0.29, 0.717) is 5.56 Å². The van der Waals surface area contributed by atoms with Gasteiger partial charge in [0.2, 0.25) is 5.91 Å². The number of sulfone groups is 1. The van der Waals surface area contributed by atoms with Gasteiger partial charge in [0, 0.05) is 38.6 Å². The zero-order valence-corrected chi connectivity index (χ0v) is 24.7. The molecule has 4 heterocycles. The number of aromatic nitrogens is 4. The second-order valence-electron chi connectivity index (χ2n) is 9.97. The van der Waals surface area contributed by atoms with Crippen LogP contribution in [-0.4, -0.2) is 77.2 Å². The number of halogens is 3. The summed E-state index contributed by atoms with van der Waals surface area (Å²) in [4.78, 5) is 42.0. The van der Waals surface area contributed by atoms with Crippen molar-refractivity contribution in [2.75, 3.05) is 37.3 Å². The van der Waals surface area contributed by atoms with Crippen LogP contribution in [0.15, 0.2) is 59.0 Å². The van der Waals surface area contributed by atoms with Gasteiger partial charge in [-0.05, 0) is 42.8 Å². The van der Waals surface area contributed by atoms with Crippen molar-refractivity contribution in [1.29, 1.82) is 0 Å². The number of pyridine rings is 2. The molecular formula is C28H26ClF2N7O4S. The van der Waals surface area contributed by atoms with E-state index in [9.17, 15) is 22.4 Å². The summed E-state index contributed by atoms with van der Waals surface area (Å²) >= 11 is 6.25. The summed E-state index contributed by atoms with van der Waals surface area (Å²) in [5.74, 6) is -2.12. The number of rotatable bonds is 6. The highest BCUT2D eigenvalue weighted by Gasteiger charge is 2.33. The zero-order chi connectivity index (χ0) is 31.2. The van der Waals surface area contributed by atoms with Gasteiger partial charge in [0.05, 0.1) is 27.7 Å². The number of aryl methyl sites for hydroxylation is 1. The van der Waals surface area contributed by atoms with Gasteiger partial charge in [0.15, 0.2) is 26.3 Å². The molecule has 3 aromatic heterocycles. The molecule has 1 aliphatic rings. The lowest BCUT2D eigenvalue weighted by Gasteiger charge is -2.41. The maximum atomic E-state index is 15.9. The van der Waals surface area contributed by atoms with Crippen molar-refractivity contribution in [1.82, 2.24) is 24.4 Å². The summed E-state index contributed by atoms with van der Waals surface area (Å²) < 4.78 is 57.3. The maximum Gasteiger partial charge on any atom is 0.355 e. The molecule has 0 radical (unpaired) electrons. The quantitative estimate of drug-likeness (QED) is 0.318. The first-order valence-corrected chi connectivity index (χ1v) is 15.3. The Morgan fingerprint density at radius 1 is 1.21 bits per heavy atom. The lowest BCUT2D eigenvalue weighted by Crippen LogP contribution is -2.57. The van der Waals surface area contributed by atoms with Crippen molar-refractivity contribution >= 4 is 44.2 Å². The number of fused-ring (bicyclic) bond motifs is 1. The van der Waals surface area contributed by atoms with E-state index in [2.05, 4.69) is 21.5 Å². The monoisotopic (exact) mass is 629 g/mol. The van der Waals surface area contributed by atoms with E-state index in [0.717, 1.165) is 23.0 Å². The lowest BCUT2D eigenvalue weighted by atomic mass is 10.1. The van der Waals surface area contributed by atoms with Crippen LogP contribution in [0, 0.1) is 18.6 Å². The number of nitrogens with zero attached hydrogens (tertiary/aromatic N) is 6. The van der Waals surface area contributed by atoms with Crippen molar-refractivity contribution in [2.24, 2.45) is 5.73 Å². The fourth-order valence-electron chi connectivity index (χ4n) is 5.16. The Morgan fingerprint density at radius 2 is 1.95 bits per heavy atom. The van der Waals surface area contributed by atoms with Gasteiger partial charge in [-0.25, -0.2) is 36.5 Å². The maximum absolute atomic E-state index is 15.9. The number of hydrogen-bond donors (Lipinski definition) is 1. The SMILES string of the molecule is C=CC(=O)N1CCN(c2nc(=O)n(-c3c(C)ccnc3S(C)(=O)=O)c3nc(-c4c(F)cccc4Cl)c(F)cc23)[C@@H](CN)C1. The van der Waals surface area contributed by atoms with Gasteiger partial charge in [-0.1, -0.05) is 24.2 Å². The third-order valence-corrected chi connectivity index (χ3v) is 8.50.